The molecular formula is C13H14Cl2N4O2. The molecule has 0 radical (unpaired) electrons. The number of halogens is 2. The Bertz CT molecular complexity index is 761. The van der Waals surface area contributed by atoms with Crippen LogP contribution in [0, 0.1) is 6.92 Å². The van der Waals surface area contributed by atoms with Crippen molar-refractivity contribution in [2.45, 2.75) is 6.92 Å². The maximum Gasteiger partial charge on any atom is 0.196 e. The topological polar surface area (TPSA) is 72.5 Å². The fourth-order valence-corrected chi connectivity index (χ4v) is 1.92. The zero-order chi connectivity index (χ0) is 13.4. The predicted molar refractivity (Wildman–Crippen MR) is 83.7 cm³/mol. The van der Waals surface area contributed by atoms with Crippen molar-refractivity contribution in [3.63, 3.8) is 0 Å². The minimum atomic E-state index is 0. The van der Waals surface area contributed by atoms with Crippen molar-refractivity contribution in [1.29, 1.82) is 0 Å². The zero-order valence-electron chi connectivity index (χ0n) is 11.3. The van der Waals surface area contributed by atoms with E-state index in [0.717, 1.165) is 5.69 Å². The molecule has 8 heteroatoms. The van der Waals surface area contributed by atoms with Crippen LogP contribution in [0.4, 0.5) is 0 Å². The summed E-state index contributed by atoms with van der Waals surface area (Å²) in [4.78, 5) is 8.29. The summed E-state index contributed by atoms with van der Waals surface area (Å²) < 4.78 is 6.99. The van der Waals surface area contributed by atoms with Crippen molar-refractivity contribution in [2.24, 2.45) is 0 Å². The van der Waals surface area contributed by atoms with Crippen LogP contribution in [-0.2, 0) is 0 Å². The number of hydrogen-bond donors (Lipinski definition) is 1. The van der Waals surface area contributed by atoms with Crippen LogP contribution in [0.5, 0.6) is 11.5 Å². The Morgan fingerprint density at radius 1 is 1.19 bits per heavy atom. The molecule has 0 saturated carbocycles. The maximum atomic E-state index is 9.48. The van der Waals surface area contributed by atoms with Crippen molar-refractivity contribution in [3.05, 3.63) is 36.4 Å². The van der Waals surface area contributed by atoms with Gasteiger partial charge in [-0.2, -0.15) is 5.10 Å². The SMILES string of the molecule is COc1cc(-c2cncc(O)c2)nn2cc(C)nc12.Cl.Cl. The van der Waals surface area contributed by atoms with Gasteiger partial charge in [0.05, 0.1) is 30.9 Å². The lowest BCUT2D eigenvalue weighted by atomic mass is 10.2. The number of imidazole rings is 1. The van der Waals surface area contributed by atoms with Gasteiger partial charge in [0.15, 0.2) is 11.4 Å². The zero-order valence-corrected chi connectivity index (χ0v) is 13.0. The first-order valence-electron chi connectivity index (χ1n) is 5.73. The van der Waals surface area contributed by atoms with Gasteiger partial charge < -0.3 is 9.84 Å². The molecule has 0 aromatic carbocycles. The molecule has 0 fully saturated rings. The van der Waals surface area contributed by atoms with Crippen molar-refractivity contribution < 1.29 is 9.84 Å². The molecule has 3 rings (SSSR count). The normalized spacial score (nSPS) is 9.81. The molecule has 0 spiro atoms. The largest absolute Gasteiger partial charge is 0.506 e. The highest BCUT2D eigenvalue weighted by molar-refractivity contribution is 5.85. The number of hydrogen-bond acceptors (Lipinski definition) is 5. The summed E-state index contributed by atoms with van der Waals surface area (Å²) in [5, 5.41) is 13.9. The van der Waals surface area contributed by atoms with E-state index in [9.17, 15) is 5.11 Å². The van der Waals surface area contributed by atoms with E-state index < -0.39 is 0 Å². The molecule has 0 aliphatic rings. The Hall–Kier alpha value is -2.05. The van der Waals surface area contributed by atoms with Crippen LogP contribution < -0.4 is 4.74 Å². The van der Waals surface area contributed by atoms with E-state index in [1.54, 1.807) is 30.0 Å². The molecule has 0 saturated heterocycles. The van der Waals surface area contributed by atoms with Crippen LogP contribution >= 0.6 is 24.8 Å². The molecule has 112 valence electrons. The van der Waals surface area contributed by atoms with Crippen LogP contribution in [0.15, 0.2) is 30.7 Å². The summed E-state index contributed by atoms with van der Waals surface area (Å²) in [6, 6.07) is 3.38. The molecule has 0 atom stereocenters. The Labute approximate surface area is 133 Å². The molecule has 0 amide bonds. The van der Waals surface area contributed by atoms with Gasteiger partial charge in [0, 0.05) is 17.8 Å². The minimum Gasteiger partial charge on any atom is -0.506 e. The maximum absolute atomic E-state index is 9.48. The number of pyridine rings is 1. The van der Waals surface area contributed by atoms with E-state index in [1.165, 1.54) is 6.20 Å². The average Bonchev–Trinajstić information content (AvgIpc) is 2.77. The van der Waals surface area contributed by atoms with Crippen LogP contribution in [0.25, 0.3) is 16.9 Å². The van der Waals surface area contributed by atoms with Crippen molar-refractivity contribution in [2.75, 3.05) is 7.11 Å². The molecule has 0 bridgehead atoms. The van der Waals surface area contributed by atoms with E-state index >= 15 is 0 Å². The molecule has 3 aromatic heterocycles. The molecule has 3 aromatic rings. The fraction of sp³-hybridized carbons (Fsp3) is 0.154. The van der Waals surface area contributed by atoms with Crippen molar-refractivity contribution >= 4 is 30.5 Å². The first-order valence-corrected chi connectivity index (χ1v) is 5.73. The molecule has 0 aliphatic carbocycles. The Kier molecular flexibility index (Phi) is 5.34. The molecule has 0 aliphatic heterocycles. The first kappa shape index (κ1) is 17.0. The Balaban J connectivity index is 0.00000110. The summed E-state index contributed by atoms with van der Waals surface area (Å²) in [5.41, 5.74) is 2.89. The number of aromatic nitrogens is 4. The summed E-state index contributed by atoms with van der Waals surface area (Å²) in [6.07, 6.45) is 4.83. The lowest BCUT2D eigenvalue weighted by Crippen LogP contribution is -1.97. The summed E-state index contributed by atoms with van der Waals surface area (Å²) in [6.45, 7) is 1.89. The number of nitrogens with zero attached hydrogens (tertiary/aromatic N) is 4. The fourth-order valence-electron chi connectivity index (χ4n) is 1.92. The van der Waals surface area contributed by atoms with Gasteiger partial charge in [0.1, 0.15) is 5.75 Å². The first-order chi connectivity index (χ1) is 9.17. The standard InChI is InChI=1S/C13H12N4O2.2ClH/c1-8-7-17-13(15-8)12(19-2)4-11(16-17)9-3-10(18)6-14-5-9;;/h3-7,18H,1-2H3;2*1H. The van der Waals surface area contributed by atoms with Crippen LogP contribution in [0.3, 0.4) is 0 Å². The summed E-state index contributed by atoms with van der Waals surface area (Å²) >= 11 is 0. The van der Waals surface area contributed by atoms with Gasteiger partial charge in [-0.15, -0.1) is 24.8 Å². The molecule has 3 heterocycles. The second-order valence-corrected chi connectivity index (χ2v) is 4.18. The van der Waals surface area contributed by atoms with Gasteiger partial charge in [-0.1, -0.05) is 0 Å². The number of methoxy groups -OCH3 is 1. The van der Waals surface area contributed by atoms with Gasteiger partial charge in [-0.25, -0.2) is 9.50 Å². The van der Waals surface area contributed by atoms with Gasteiger partial charge in [0.25, 0.3) is 0 Å². The second kappa shape index (κ2) is 6.60. The number of aromatic hydroxyl groups is 1. The second-order valence-electron chi connectivity index (χ2n) is 4.18. The van der Waals surface area contributed by atoms with E-state index in [4.69, 9.17) is 4.74 Å². The molecule has 0 unspecified atom stereocenters. The smallest absolute Gasteiger partial charge is 0.196 e. The summed E-state index contributed by atoms with van der Waals surface area (Å²) in [7, 11) is 1.59. The predicted octanol–water partition coefficient (Wildman–Crippen LogP) is 2.66. The summed E-state index contributed by atoms with van der Waals surface area (Å²) in [5.74, 6) is 0.724. The van der Waals surface area contributed by atoms with Crippen LogP contribution in [0.2, 0.25) is 0 Å². The minimum absolute atomic E-state index is 0. The monoisotopic (exact) mass is 328 g/mol. The Morgan fingerprint density at radius 3 is 2.62 bits per heavy atom. The Morgan fingerprint density at radius 2 is 1.95 bits per heavy atom. The van der Waals surface area contributed by atoms with Gasteiger partial charge in [0.2, 0.25) is 0 Å². The van der Waals surface area contributed by atoms with E-state index in [2.05, 4.69) is 15.1 Å². The van der Waals surface area contributed by atoms with E-state index in [1.807, 2.05) is 13.1 Å². The lowest BCUT2D eigenvalue weighted by Gasteiger charge is -2.06. The highest BCUT2D eigenvalue weighted by atomic mass is 35.5. The van der Waals surface area contributed by atoms with Gasteiger partial charge in [-0.3, -0.25) is 4.98 Å². The number of aryl methyl sites for hydroxylation is 1. The molecule has 21 heavy (non-hydrogen) atoms. The van der Waals surface area contributed by atoms with Crippen molar-refractivity contribution in [3.8, 4) is 22.8 Å². The lowest BCUT2D eigenvalue weighted by molar-refractivity contribution is 0.416. The number of rotatable bonds is 2. The van der Waals surface area contributed by atoms with Gasteiger partial charge >= 0.3 is 0 Å². The highest BCUT2D eigenvalue weighted by Gasteiger charge is 2.11. The quantitative estimate of drug-likeness (QED) is 0.782. The third-order valence-electron chi connectivity index (χ3n) is 2.75. The van der Waals surface area contributed by atoms with Crippen molar-refractivity contribution in [1.82, 2.24) is 19.6 Å². The molecule has 6 nitrogen and oxygen atoms in total. The number of fused-ring (bicyclic) bond motifs is 1. The highest BCUT2D eigenvalue weighted by Crippen LogP contribution is 2.26. The number of ether oxygens (including phenoxy) is 1. The van der Waals surface area contributed by atoms with Crippen LogP contribution in [0.1, 0.15) is 5.69 Å². The van der Waals surface area contributed by atoms with Crippen LogP contribution in [-0.4, -0.2) is 31.8 Å². The van der Waals surface area contributed by atoms with E-state index in [-0.39, 0.29) is 30.6 Å². The average molecular weight is 329 g/mol. The third kappa shape index (κ3) is 3.17. The molecule has 1 N–H and O–H groups in total. The third-order valence-corrected chi connectivity index (χ3v) is 2.75. The molecular weight excluding hydrogens is 315 g/mol. The van der Waals surface area contributed by atoms with E-state index in [0.29, 0.717) is 22.7 Å². The van der Waals surface area contributed by atoms with Gasteiger partial charge in [-0.05, 0) is 13.0 Å².